The highest BCUT2D eigenvalue weighted by Gasteiger charge is 2.34. The Hall–Kier alpha value is -2.09. The molecule has 2 amide bonds. The standard InChI is InChI=1S/C21H32N2O5S/c1-20(2,3)28-19(25)23-12-10-21(4,11-13-23)22-18(24)14-16-6-8-17(9-7-16)15-29(5,26)27/h6-9H,10-15H2,1-5H3,(H,22,24). The summed E-state index contributed by atoms with van der Waals surface area (Å²) in [7, 11) is -3.08. The molecular weight excluding hydrogens is 392 g/mol. The van der Waals surface area contributed by atoms with Crippen LogP contribution in [0, 0.1) is 0 Å². The molecule has 0 unspecified atom stereocenters. The van der Waals surface area contributed by atoms with Crippen molar-refractivity contribution in [3.05, 3.63) is 35.4 Å². The molecule has 7 nitrogen and oxygen atoms in total. The predicted octanol–water partition coefficient (Wildman–Crippen LogP) is 2.68. The Morgan fingerprint density at radius 3 is 2.10 bits per heavy atom. The second-order valence-electron chi connectivity index (χ2n) is 9.14. The Morgan fingerprint density at radius 2 is 1.62 bits per heavy atom. The third-order valence-corrected chi connectivity index (χ3v) is 5.63. The van der Waals surface area contributed by atoms with Crippen molar-refractivity contribution < 1.29 is 22.7 Å². The van der Waals surface area contributed by atoms with Crippen molar-refractivity contribution in [3.8, 4) is 0 Å². The number of benzene rings is 1. The number of nitrogens with zero attached hydrogens (tertiary/aromatic N) is 1. The Morgan fingerprint density at radius 1 is 1.10 bits per heavy atom. The fourth-order valence-corrected chi connectivity index (χ4v) is 4.05. The molecule has 29 heavy (non-hydrogen) atoms. The number of ether oxygens (including phenoxy) is 1. The van der Waals surface area contributed by atoms with Crippen LogP contribution in [-0.4, -0.2) is 55.8 Å². The average Bonchev–Trinajstić information content (AvgIpc) is 2.54. The third-order valence-electron chi connectivity index (χ3n) is 4.78. The number of likely N-dealkylation sites (tertiary alicyclic amines) is 1. The van der Waals surface area contributed by atoms with Crippen molar-refractivity contribution in [1.82, 2.24) is 10.2 Å². The van der Waals surface area contributed by atoms with E-state index in [1.807, 2.05) is 27.7 Å². The zero-order valence-corrected chi connectivity index (χ0v) is 18.8. The molecule has 162 valence electrons. The lowest BCUT2D eigenvalue weighted by molar-refractivity contribution is -0.122. The number of hydrogen-bond acceptors (Lipinski definition) is 5. The molecule has 1 aromatic rings. The number of hydrogen-bond donors (Lipinski definition) is 1. The molecule has 0 spiro atoms. The van der Waals surface area contributed by atoms with Crippen molar-refractivity contribution in [2.75, 3.05) is 19.3 Å². The van der Waals surface area contributed by atoms with Crippen molar-refractivity contribution in [2.24, 2.45) is 0 Å². The fourth-order valence-electron chi connectivity index (χ4n) is 3.26. The van der Waals surface area contributed by atoms with E-state index in [9.17, 15) is 18.0 Å². The number of sulfone groups is 1. The average molecular weight is 425 g/mol. The van der Waals surface area contributed by atoms with Crippen LogP contribution < -0.4 is 5.32 Å². The molecule has 0 aliphatic carbocycles. The number of nitrogens with one attached hydrogen (secondary N) is 1. The summed E-state index contributed by atoms with van der Waals surface area (Å²) in [6, 6.07) is 7.05. The maximum atomic E-state index is 12.5. The van der Waals surface area contributed by atoms with Crippen LogP contribution in [0.3, 0.4) is 0 Å². The van der Waals surface area contributed by atoms with Crippen LogP contribution in [0.5, 0.6) is 0 Å². The van der Waals surface area contributed by atoms with Crippen LogP contribution in [0.2, 0.25) is 0 Å². The van der Waals surface area contributed by atoms with E-state index in [0.717, 1.165) is 5.56 Å². The van der Waals surface area contributed by atoms with Crippen LogP contribution in [0.1, 0.15) is 51.7 Å². The molecule has 1 saturated heterocycles. The maximum Gasteiger partial charge on any atom is 0.410 e. The summed E-state index contributed by atoms with van der Waals surface area (Å²) in [5.74, 6) is -0.0971. The molecule has 1 aliphatic heterocycles. The molecule has 0 aromatic heterocycles. The first kappa shape index (κ1) is 23.2. The number of carbonyl (C=O) groups is 2. The highest BCUT2D eigenvalue weighted by molar-refractivity contribution is 7.89. The fraction of sp³-hybridized carbons (Fsp3) is 0.619. The van der Waals surface area contributed by atoms with E-state index in [1.165, 1.54) is 6.26 Å². The summed E-state index contributed by atoms with van der Waals surface area (Å²) in [6.45, 7) is 8.58. The number of rotatable bonds is 5. The first-order valence-corrected chi connectivity index (χ1v) is 11.9. The quantitative estimate of drug-likeness (QED) is 0.784. The molecule has 1 heterocycles. The normalized spacial score (nSPS) is 16.9. The molecule has 0 bridgehead atoms. The topological polar surface area (TPSA) is 92.8 Å². The molecule has 1 N–H and O–H groups in total. The van der Waals surface area contributed by atoms with Crippen LogP contribution in [0.4, 0.5) is 4.79 Å². The van der Waals surface area contributed by atoms with Crippen LogP contribution >= 0.6 is 0 Å². The molecular formula is C21H32N2O5S. The molecule has 0 saturated carbocycles. The first-order chi connectivity index (χ1) is 13.2. The highest BCUT2D eigenvalue weighted by Crippen LogP contribution is 2.23. The van der Waals surface area contributed by atoms with Crippen molar-refractivity contribution in [2.45, 2.75) is 63.9 Å². The lowest BCUT2D eigenvalue weighted by atomic mass is 9.89. The predicted molar refractivity (Wildman–Crippen MR) is 112 cm³/mol. The van der Waals surface area contributed by atoms with Gasteiger partial charge in [-0.1, -0.05) is 24.3 Å². The van der Waals surface area contributed by atoms with Gasteiger partial charge in [-0.05, 0) is 51.7 Å². The van der Waals surface area contributed by atoms with Gasteiger partial charge in [-0.15, -0.1) is 0 Å². The van der Waals surface area contributed by atoms with Gasteiger partial charge in [0, 0.05) is 24.9 Å². The van der Waals surface area contributed by atoms with E-state index in [0.29, 0.717) is 31.5 Å². The van der Waals surface area contributed by atoms with E-state index >= 15 is 0 Å². The number of piperidine rings is 1. The summed E-state index contributed by atoms with van der Waals surface area (Å²) in [6.07, 6.45) is 2.42. The summed E-state index contributed by atoms with van der Waals surface area (Å²) in [5, 5.41) is 3.09. The van der Waals surface area contributed by atoms with Crippen LogP contribution in [0.25, 0.3) is 0 Å². The van der Waals surface area contributed by atoms with Gasteiger partial charge in [0.15, 0.2) is 9.84 Å². The molecule has 0 atom stereocenters. The van der Waals surface area contributed by atoms with Gasteiger partial charge in [0.1, 0.15) is 5.60 Å². The molecule has 0 radical (unpaired) electrons. The SMILES string of the molecule is CC1(NC(=O)Cc2ccc(CS(C)(=O)=O)cc2)CCN(C(=O)OC(C)(C)C)CC1. The lowest BCUT2D eigenvalue weighted by Crippen LogP contribution is -2.55. The molecule has 1 fully saturated rings. The van der Waals surface area contributed by atoms with E-state index in [1.54, 1.807) is 29.2 Å². The Balaban J connectivity index is 1.85. The zero-order chi connectivity index (χ0) is 21.9. The minimum Gasteiger partial charge on any atom is -0.444 e. The molecule has 1 aliphatic rings. The summed E-state index contributed by atoms with van der Waals surface area (Å²) < 4.78 is 28.1. The second kappa shape index (κ2) is 8.73. The zero-order valence-electron chi connectivity index (χ0n) is 17.9. The summed E-state index contributed by atoms with van der Waals surface area (Å²) in [5.41, 5.74) is 0.641. The van der Waals surface area contributed by atoms with Gasteiger partial charge in [-0.2, -0.15) is 0 Å². The van der Waals surface area contributed by atoms with Crippen LogP contribution in [0.15, 0.2) is 24.3 Å². The van der Waals surface area contributed by atoms with Crippen LogP contribution in [-0.2, 0) is 31.5 Å². The van der Waals surface area contributed by atoms with E-state index < -0.39 is 15.4 Å². The van der Waals surface area contributed by atoms with Gasteiger partial charge >= 0.3 is 6.09 Å². The second-order valence-corrected chi connectivity index (χ2v) is 11.3. The largest absolute Gasteiger partial charge is 0.444 e. The van der Waals surface area contributed by atoms with Gasteiger partial charge in [0.05, 0.1) is 12.2 Å². The molecule has 8 heteroatoms. The maximum absolute atomic E-state index is 12.5. The smallest absolute Gasteiger partial charge is 0.410 e. The third kappa shape index (κ3) is 8.04. The number of amides is 2. The van der Waals surface area contributed by atoms with Gasteiger partial charge in [-0.3, -0.25) is 4.79 Å². The number of carbonyl (C=O) groups excluding carboxylic acids is 2. The lowest BCUT2D eigenvalue weighted by Gasteiger charge is -2.40. The Bertz CT molecular complexity index is 833. The minimum atomic E-state index is -3.08. The van der Waals surface area contributed by atoms with E-state index in [-0.39, 0.29) is 29.7 Å². The van der Waals surface area contributed by atoms with Crippen molar-refractivity contribution in [3.63, 3.8) is 0 Å². The highest BCUT2D eigenvalue weighted by atomic mass is 32.2. The van der Waals surface area contributed by atoms with Gasteiger partial charge in [0.25, 0.3) is 0 Å². The summed E-state index contributed by atoms with van der Waals surface area (Å²) in [4.78, 5) is 26.4. The van der Waals surface area contributed by atoms with Gasteiger partial charge < -0.3 is 15.0 Å². The van der Waals surface area contributed by atoms with Crippen molar-refractivity contribution in [1.29, 1.82) is 0 Å². The monoisotopic (exact) mass is 424 g/mol. The first-order valence-electron chi connectivity index (χ1n) is 9.79. The van der Waals surface area contributed by atoms with Crippen molar-refractivity contribution >= 4 is 21.8 Å². The van der Waals surface area contributed by atoms with Gasteiger partial charge in [-0.25, -0.2) is 13.2 Å². The Kier molecular flexibility index (Phi) is 6.98. The minimum absolute atomic E-state index is 0.00824. The Labute approximate surface area is 173 Å². The van der Waals surface area contributed by atoms with E-state index in [2.05, 4.69) is 5.32 Å². The molecule has 2 rings (SSSR count). The van der Waals surface area contributed by atoms with Gasteiger partial charge in [0.2, 0.25) is 5.91 Å². The van der Waals surface area contributed by atoms with E-state index in [4.69, 9.17) is 4.74 Å². The summed E-state index contributed by atoms with van der Waals surface area (Å²) >= 11 is 0. The molecule has 1 aromatic carbocycles.